The number of anilines is 1. The summed E-state index contributed by atoms with van der Waals surface area (Å²) in [7, 11) is 3.07. The Labute approximate surface area is 166 Å². The summed E-state index contributed by atoms with van der Waals surface area (Å²) in [6, 6.07) is 9.72. The van der Waals surface area contributed by atoms with Gasteiger partial charge < -0.3 is 9.47 Å². The van der Waals surface area contributed by atoms with Crippen LogP contribution in [0.5, 0.6) is 11.5 Å². The standard InChI is InChI=1S/C19H17Cl2N3O3/c1-11(21)27-18-7-12-4-15-16(5-13(12)6-17(18)25-2)23-9-14(8-22)19(15)24(10-20)26-3/h4-7,9,11H,10H2,1-3H3. The fourth-order valence-electron chi connectivity index (χ4n) is 2.91. The highest BCUT2D eigenvalue weighted by molar-refractivity contribution is 6.19. The number of aromatic nitrogens is 1. The number of ether oxygens (including phenoxy) is 2. The van der Waals surface area contributed by atoms with Crippen LogP contribution in [0.4, 0.5) is 5.69 Å². The van der Waals surface area contributed by atoms with Crippen molar-refractivity contribution in [1.82, 2.24) is 4.98 Å². The molecule has 1 aromatic heterocycles. The molecule has 6 nitrogen and oxygen atoms in total. The number of hydrogen-bond acceptors (Lipinski definition) is 6. The first kappa shape index (κ1) is 19.3. The van der Waals surface area contributed by atoms with Gasteiger partial charge in [-0.15, -0.1) is 11.6 Å². The number of hydroxylamine groups is 1. The molecule has 1 heterocycles. The van der Waals surface area contributed by atoms with E-state index in [9.17, 15) is 5.26 Å². The molecule has 0 N–H and O–H groups in total. The predicted molar refractivity (Wildman–Crippen MR) is 107 cm³/mol. The first-order valence-electron chi connectivity index (χ1n) is 8.05. The molecule has 3 rings (SSSR count). The number of alkyl halides is 2. The molecule has 0 radical (unpaired) electrons. The highest BCUT2D eigenvalue weighted by Gasteiger charge is 2.17. The van der Waals surface area contributed by atoms with Crippen LogP contribution in [0.3, 0.4) is 0 Å². The van der Waals surface area contributed by atoms with Crippen LogP contribution >= 0.6 is 23.2 Å². The summed E-state index contributed by atoms with van der Waals surface area (Å²) < 4.78 is 11.0. The van der Waals surface area contributed by atoms with E-state index in [1.165, 1.54) is 18.4 Å². The van der Waals surface area contributed by atoms with Gasteiger partial charge in [-0.3, -0.25) is 9.82 Å². The minimum atomic E-state index is -0.514. The van der Waals surface area contributed by atoms with Gasteiger partial charge in [-0.05, 0) is 42.0 Å². The third-order valence-corrected chi connectivity index (χ3v) is 4.37. The Balaban J connectivity index is 2.33. The van der Waals surface area contributed by atoms with E-state index in [4.69, 9.17) is 37.5 Å². The minimum absolute atomic E-state index is 0.0586. The van der Waals surface area contributed by atoms with Crippen LogP contribution < -0.4 is 14.5 Å². The molecule has 27 heavy (non-hydrogen) atoms. The number of halogens is 2. The van der Waals surface area contributed by atoms with Crippen molar-refractivity contribution in [2.45, 2.75) is 12.5 Å². The molecular formula is C19H17Cl2N3O3. The SMILES string of the molecule is COc1cc2cc3ncc(C#N)c(N(CCl)OC)c3cc2cc1OC(C)Cl. The van der Waals surface area contributed by atoms with Crippen molar-refractivity contribution in [2.75, 3.05) is 25.3 Å². The molecule has 0 aliphatic carbocycles. The van der Waals surface area contributed by atoms with E-state index in [1.54, 1.807) is 14.0 Å². The van der Waals surface area contributed by atoms with E-state index in [0.29, 0.717) is 28.3 Å². The zero-order chi connectivity index (χ0) is 19.6. The van der Waals surface area contributed by atoms with Crippen molar-refractivity contribution < 1.29 is 14.3 Å². The van der Waals surface area contributed by atoms with Crippen molar-refractivity contribution in [3.05, 3.63) is 36.0 Å². The molecule has 1 unspecified atom stereocenters. The summed E-state index contributed by atoms with van der Waals surface area (Å²) >= 11 is 12.0. The largest absolute Gasteiger partial charge is 0.493 e. The van der Waals surface area contributed by atoms with E-state index < -0.39 is 5.56 Å². The smallest absolute Gasteiger partial charge is 0.169 e. The molecule has 1 atom stereocenters. The van der Waals surface area contributed by atoms with Gasteiger partial charge in [0, 0.05) is 11.6 Å². The second-order valence-corrected chi connectivity index (χ2v) is 6.55. The monoisotopic (exact) mass is 405 g/mol. The topological polar surface area (TPSA) is 67.6 Å². The first-order chi connectivity index (χ1) is 13.0. The van der Waals surface area contributed by atoms with E-state index in [0.717, 1.165) is 16.2 Å². The normalized spacial score (nSPS) is 12.0. The van der Waals surface area contributed by atoms with Gasteiger partial charge >= 0.3 is 0 Å². The lowest BCUT2D eigenvalue weighted by Gasteiger charge is -2.21. The molecule has 0 bridgehead atoms. The summed E-state index contributed by atoms with van der Waals surface area (Å²) in [6.07, 6.45) is 1.51. The van der Waals surface area contributed by atoms with Crippen LogP contribution in [0, 0.1) is 11.3 Å². The highest BCUT2D eigenvalue weighted by atomic mass is 35.5. The van der Waals surface area contributed by atoms with Gasteiger partial charge in [-0.2, -0.15) is 5.26 Å². The van der Waals surface area contributed by atoms with Crippen molar-refractivity contribution in [3.8, 4) is 17.6 Å². The zero-order valence-corrected chi connectivity index (χ0v) is 16.5. The summed E-state index contributed by atoms with van der Waals surface area (Å²) in [5.41, 5.74) is 1.11. The molecule has 0 aliphatic heterocycles. The number of fused-ring (bicyclic) bond motifs is 2. The van der Waals surface area contributed by atoms with Crippen LogP contribution in [0.2, 0.25) is 0 Å². The third-order valence-electron chi connectivity index (χ3n) is 4.07. The summed E-state index contributed by atoms with van der Waals surface area (Å²) in [6.45, 7) is 1.73. The lowest BCUT2D eigenvalue weighted by molar-refractivity contribution is 0.180. The molecule has 0 amide bonds. The second-order valence-electron chi connectivity index (χ2n) is 5.69. The lowest BCUT2D eigenvalue weighted by atomic mass is 10.0. The van der Waals surface area contributed by atoms with Gasteiger partial charge in [0.1, 0.15) is 12.1 Å². The van der Waals surface area contributed by atoms with E-state index in [1.807, 2.05) is 24.3 Å². The van der Waals surface area contributed by atoms with Crippen LogP contribution in [0.1, 0.15) is 12.5 Å². The number of pyridine rings is 1. The van der Waals surface area contributed by atoms with Crippen LogP contribution in [-0.4, -0.2) is 30.8 Å². The van der Waals surface area contributed by atoms with Gasteiger partial charge in [-0.1, -0.05) is 11.6 Å². The molecule has 8 heteroatoms. The van der Waals surface area contributed by atoms with Crippen molar-refractivity contribution in [1.29, 1.82) is 5.26 Å². The maximum Gasteiger partial charge on any atom is 0.169 e. The van der Waals surface area contributed by atoms with Crippen molar-refractivity contribution >= 4 is 50.6 Å². The number of hydrogen-bond donors (Lipinski definition) is 0. The van der Waals surface area contributed by atoms with Gasteiger partial charge in [-0.25, -0.2) is 5.06 Å². The first-order valence-corrected chi connectivity index (χ1v) is 9.02. The molecule has 140 valence electrons. The summed E-state index contributed by atoms with van der Waals surface area (Å²) in [4.78, 5) is 9.72. The minimum Gasteiger partial charge on any atom is -0.493 e. The number of rotatable bonds is 6. The zero-order valence-electron chi connectivity index (χ0n) is 15.0. The Hall–Kier alpha value is -2.46. The van der Waals surface area contributed by atoms with Crippen molar-refractivity contribution in [3.63, 3.8) is 0 Å². The number of nitriles is 1. The van der Waals surface area contributed by atoms with Gasteiger partial charge in [0.25, 0.3) is 0 Å². The molecule has 0 saturated carbocycles. The molecule has 0 saturated heterocycles. The Bertz CT molecular complexity index is 1030. The van der Waals surface area contributed by atoms with Crippen molar-refractivity contribution in [2.24, 2.45) is 0 Å². The molecule has 0 aliphatic rings. The third kappa shape index (κ3) is 3.67. The van der Waals surface area contributed by atoms with Crippen LogP contribution in [0.25, 0.3) is 21.7 Å². The number of benzene rings is 2. The highest BCUT2D eigenvalue weighted by Crippen LogP contribution is 2.38. The van der Waals surface area contributed by atoms with Gasteiger partial charge in [0.2, 0.25) is 0 Å². The Morgan fingerprint density at radius 1 is 1.19 bits per heavy atom. The molecule has 0 fully saturated rings. The van der Waals surface area contributed by atoms with E-state index in [2.05, 4.69) is 11.1 Å². The van der Waals surface area contributed by atoms with E-state index >= 15 is 0 Å². The Morgan fingerprint density at radius 2 is 1.89 bits per heavy atom. The maximum absolute atomic E-state index is 9.48. The maximum atomic E-state index is 9.48. The van der Waals surface area contributed by atoms with Gasteiger partial charge in [0.05, 0.1) is 31.0 Å². The fourth-order valence-corrected chi connectivity index (χ4v) is 3.22. The Kier molecular flexibility index (Phi) is 5.76. The average Bonchev–Trinajstić information content (AvgIpc) is 2.66. The summed E-state index contributed by atoms with van der Waals surface area (Å²) in [5, 5.41) is 13.4. The van der Waals surface area contributed by atoms with E-state index in [-0.39, 0.29) is 6.00 Å². The quantitative estimate of drug-likeness (QED) is 0.254. The molecule has 3 aromatic rings. The molecule has 2 aromatic carbocycles. The average molecular weight is 406 g/mol. The lowest BCUT2D eigenvalue weighted by Crippen LogP contribution is -2.21. The van der Waals surface area contributed by atoms with Gasteiger partial charge in [0.15, 0.2) is 17.1 Å². The van der Waals surface area contributed by atoms with Crippen LogP contribution in [0.15, 0.2) is 30.5 Å². The van der Waals surface area contributed by atoms with Crippen LogP contribution in [-0.2, 0) is 4.84 Å². The number of methoxy groups -OCH3 is 1. The molecular weight excluding hydrogens is 389 g/mol. The predicted octanol–water partition coefficient (Wildman–Crippen LogP) is 4.80. The number of nitrogens with zero attached hydrogens (tertiary/aromatic N) is 3. The molecule has 0 spiro atoms. The fraction of sp³-hybridized carbons (Fsp3) is 0.263. The summed E-state index contributed by atoms with van der Waals surface area (Å²) in [5.74, 6) is 1.10. The second kappa shape index (κ2) is 8.05. The Morgan fingerprint density at radius 3 is 2.48 bits per heavy atom.